The Morgan fingerprint density at radius 3 is 2.58 bits per heavy atom. The van der Waals surface area contributed by atoms with Crippen molar-refractivity contribution in [3.05, 3.63) is 48.5 Å². The number of pyridine rings is 2. The summed E-state index contributed by atoms with van der Waals surface area (Å²) in [6.07, 6.45) is 10.0. The average Bonchev–Trinajstić information content (AvgIpc) is 3.49. The summed E-state index contributed by atoms with van der Waals surface area (Å²) in [4.78, 5) is 35.4. The summed E-state index contributed by atoms with van der Waals surface area (Å²) in [6.45, 7) is 0.0752. The Morgan fingerprint density at radius 1 is 1.06 bits per heavy atom. The number of alkyl halides is 2. The normalized spacial score (nSPS) is 18.5. The lowest BCUT2D eigenvalue weighted by Crippen LogP contribution is -2.42. The van der Waals surface area contributed by atoms with Crippen LogP contribution in [0.25, 0.3) is 16.7 Å². The van der Waals surface area contributed by atoms with Crippen molar-refractivity contribution >= 4 is 28.5 Å². The van der Waals surface area contributed by atoms with Crippen molar-refractivity contribution < 1.29 is 18.4 Å². The largest absolute Gasteiger partial charge is 0.338 e. The molecule has 4 heterocycles. The summed E-state index contributed by atoms with van der Waals surface area (Å²) in [7, 11) is 0. The van der Waals surface area contributed by atoms with Crippen molar-refractivity contribution in [1.82, 2.24) is 19.4 Å². The van der Waals surface area contributed by atoms with Crippen molar-refractivity contribution in [1.29, 1.82) is 0 Å². The minimum absolute atomic E-state index is 0.0283. The number of hydrogen-bond donors (Lipinski definition) is 1. The monoisotopic (exact) mass is 453 g/mol. The predicted octanol–water partition coefficient (Wildman–Crippen LogP) is 4.42. The Kier molecular flexibility index (Phi) is 5.55. The lowest BCUT2D eigenvalue weighted by Gasteiger charge is -2.31. The van der Waals surface area contributed by atoms with E-state index in [1.165, 1.54) is 11.1 Å². The third kappa shape index (κ3) is 4.44. The fourth-order valence-corrected chi connectivity index (χ4v) is 4.63. The topological polar surface area (TPSA) is 80.1 Å². The quantitative estimate of drug-likeness (QED) is 0.634. The number of piperidine rings is 1. The summed E-state index contributed by atoms with van der Waals surface area (Å²) in [5.41, 5.74) is 2.37. The molecule has 0 unspecified atom stereocenters. The Hall–Kier alpha value is -3.36. The Morgan fingerprint density at radius 2 is 1.82 bits per heavy atom. The van der Waals surface area contributed by atoms with Crippen LogP contribution in [0.2, 0.25) is 0 Å². The van der Waals surface area contributed by atoms with Crippen LogP contribution in [0.4, 0.5) is 14.5 Å². The van der Waals surface area contributed by atoms with E-state index in [4.69, 9.17) is 0 Å². The molecule has 0 atom stereocenters. The standard InChI is InChI=1S/C24H25F2N5O2/c25-24(26)6-9-30(10-7-24)23(33)18-11-17-5-8-31(21(17)28-13-18)20-12-19(14-27-15-20)29-22(32)16-3-1-2-4-16/h5,8,11-16H,1-4,6-7,9-10H2,(H,29,32). The van der Waals surface area contributed by atoms with E-state index in [0.29, 0.717) is 16.9 Å². The van der Waals surface area contributed by atoms with E-state index < -0.39 is 5.92 Å². The highest BCUT2D eigenvalue weighted by Gasteiger charge is 2.35. The SMILES string of the molecule is O=C(Nc1cncc(-n2ccc3cc(C(=O)N4CCC(F)(F)CC4)cnc32)c1)C1CCCC1. The fraction of sp³-hybridized carbons (Fsp3) is 0.417. The zero-order valence-corrected chi connectivity index (χ0v) is 18.1. The number of carbonyl (C=O) groups excluding carboxylic acids is 2. The van der Waals surface area contributed by atoms with Gasteiger partial charge in [-0.15, -0.1) is 0 Å². The van der Waals surface area contributed by atoms with Gasteiger partial charge < -0.3 is 10.2 Å². The molecule has 1 N–H and O–H groups in total. The highest BCUT2D eigenvalue weighted by atomic mass is 19.3. The molecule has 1 aliphatic heterocycles. The van der Waals surface area contributed by atoms with E-state index >= 15 is 0 Å². The van der Waals surface area contributed by atoms with Crippen molar-refractivity contribution in [2.75, 3.05) is 18.4 Å². The second-order valence-corrected chi connectivity index (χ2v) is 8.87. The van der Waals surface area contributed by atoms with Gasteiger partial charge in [0, 0.05) is 49.6 Å². The highest BCUT2D eigenvalue weighted by Crippen LogP contribution is 2.29. The molecule has 1 saturated carbocycles. The number of amides is 2. The molecule has 2 fully saturated rings. The van der Waals surface area contributed by atoms with Gasteiger partial charge in [0.15, 0.2) is 0 Å². The summed E-state index contributed by atoms with van der Waals surface area (Å²) in [5, 5.41) is 3.72. The maximum absolute atomic E-state index is 13.4. The first-order chi connectivity index (χ1) is 15.9. The van der Waals surface area contributed by atoms with Gasteiger partial charge in [0.05, 0.1) is 29.3 Å². The van der Waals surface area contributed by atoms with Crippen LogP contribution in [0.15, 0.2) is 43.0 Å². The highest BCUT2D eigenvalue weighted by molar-refractivity contribution is 5.97. The Balaban J connectivity index is 1.35. The minimum Gasteiger partial charge on any atom is -0.338 e. The van der Waals surface area contributed by atoms with Crippen molar-refractivity contribution in [3.63, 3.8) is 0 Å². The number of halogens is 2. The summed E-state index contributed by atoms with van der Waals surface area (Å²) >= 11 is 0. The number of anilines is 1. The van der Waals surface area contributed by atoms with Crippen molar-refractivity contribution in [3.8, 4) is 5.69 Å². The van der Waals surface area contributed by atoms with Gasteiger partial charge in [-0.2, -0.15) is 0 Å². The van der Waals surface area contributed by atoms with Crippen molar-refractivity contribution in [2.24, 2.45) is 5.92 Å². The van der Waals surface area contributed by atoms with E-state index in [9.17, 15) is 18.4 Å². The number of aromatic nitrogens is 3. The summed E-state index contributed by atoms with van der Waals surface area (Å²) < 4.78 is 28.7. The van der Waals surface area contributed by atoms with Crippen LogP contribution < -0.4 is 5.32 Å². The second-order valence-electron chi connectivity index (χ2n) is 8.87. The molecule has 172 valence electrons. The molecule has 1 aliphatic carbocycles. The molecule has 3 aromatic heterocycles. The van der Waals surface area contributed by atoms with Gasteiger partial charge in [-0.3, -0.25) is 19.1 Å². The smallest absolute Gasteiger partial charge is 0.255 e. The third-order valence-corrected chi connectivity index (χ3v) is 6.55. The zero-order valence-electron chi connectivity index (χ0n) is 18.1. The molecule has 5 rings (SSSR count). The molecule has 2 amide bonds. The van der Waals surface area contributed by atoms with Gasteiger partial charge in [0.2, 0.25) is 5.91 Å². The van der Waals surface area contributed by atoms with Crippen LogP contribution in [0, 0.1) is 5.92 Å². The molecule has 3 aromatic rings. The van der Waals surface area contributed by atoms with Crippen molar-refractivity contribution in [2.45, 2.75) is 44.4 Å². The van der Waals surface area contributed by atoms with Gasteiger partial charge >= 0.3 is 0 Å². The molecule has 7 nitrogen and oxygen atoms in total. The lowest BCUT2D eigenvalue weighted by atomic mass is 10.1. The number of fused-ring (bicyclic) bond motifs is 1. The van der Waals surface area contributed by atoms with Crippen LogP contribution in [-0.2, 0) is 4.79 Å². The first-order valence-corrected chi connectivity index (χ1v) is 11.3. The molecule has 0 bridgehead atoms. The Bertz CT molecular complexity index is 1190. The van der Waals surface area contributed by atoms with Gasteiger partial charge in [-0.1, -0.05) is 12.8 Å². The summed E-state index contributed by atoms with van der Waals surface area (Å²) in [6, 6.07) is 5.41. The number of rotatable bonds is 4. The van der Waals surface area contributed by atoms with Gasteiger partial charge in [0.25, 0.3) is 11.8 Å². The maximum Gasteiger partial charge on any atom is 0.255 e. The predicted molar refractivity (Wildman–Crippen MR) is 120 cm³/mol. The molecule has 33 heavy (non-hydrogen) atoms. The second kappa shape index (κ2) is 8.53. The van der Waals surface area contributed by atoms with E-state index in [0.717, 1.165) is 36.8 Å². The third-order valence-electron chi connectivity index (χ3n) is 6.55. The number of likely N-dealkylation sites (tertiary alicyclic amines) is 1. The van der Waals surface area contributed by atoms with Gasteiger partial charge in [-0.05, 0) is 31.0 Å². The molecular formula is C24H25F2N5O2. The molecule has 0 aromatic carbocycles. The Labute approximate surface area is 189 Å². The van der Waals surface area contributed by atoms with Gasteiger partial charge in [0.1, 0.15) is 5.65 Å². The number of nitrogens with one attached hydrogen (secondary N) is 1. The number of carbonyl (C=O) groups is 2. The fourth-order valence-electron chi connectivity index (χ4n) is 4.63. The first kappa shape index (κ1) is 21.5. The average molecular weight is 453 g/mol. The van der Waals surface area contributed by atoms with Gasteiger partial charge in [-0.25, -0.2) is 13.8 Å². The maximum atomic E-state index is 13.4. The number of hydrogen-bond acceptors (Lipinski definition) is 4. The number of nitrogens with zero attached hydrogens (tertiary/aromatic N) is 4. The van der Waals surface area contributed by atoms with E-state index in [1.807, 2.05) is 22.9 Å². The molecule has 0 spiro atoms. The van der Waals surface area contributed by atoms with Crippen LogP contribution >= 0.6 is 0 Å². The molecule has 1 saturated heterocycles. The van der Waals surface area contributed by atoms with Crippen LogP contribution in [0.5, 0.6) is 0 Å². The molecule has 9 heteroatoms. The van der Waals surface area contributed by atoms with Crippen LogP contribution in [0.3, 0.4) is 0 Å². The van der Waals surface area contributed by atoms with Crippen LogP contribution in [0.1, 0.15) is 48.9 Å². The van der Waals surface area contributed by atoms with E-state index in [2.05, 4.69) is 15.3 Å². The van der Waals surface area contributed by atoms with Crippen LogP contribution in [-0.4, -0.2) is 50.3 Å². The van der Waals surface area contributed by atoms with E-state index in [-0.39, 0.29) is 43.7 Å². The molecule has 0 radical (unpaired) electrons. The zero-order chi connectivity index (χ0) is 23.0. The first-order valence-electron chi connectivity index (χ1n) is 11.3. The molecule has 2 aliphatic rings. The van der Waals surface area contributed by atoms with E-state index in [1.54, 1.807) is 18.5 Å². The minimum atomic E-state index is -2.70. The summed E-state index contributed by atoms with van der Waals surface area (Å²) in [5.74, 6) is -2.90. The molecular weight excluding hydrogens is 428 g/mol. The lowest BCUT2D eigenvalue weighted by molar-refractivity contribution is -0.119.